The zero-order valence-electron chi connectivity index (χ0n) is 15.8. The molecule has 0 saturated carbocycles. The fourth-order valence-corrected chi connectivity index (χ4v) is 4.17. The van der Waals surface area contributed by atoms with E-state index in [9.17, 15) is 4.79 Å². The van der Waals surface area contributed by atoms with Crippen molar-refractivity contribution in [2.45, 2.75) is 45.6 Å². The van der Waals surface area contributed by atoms with Crippen molar-refractivity contribution < 1.29 is 9.53 Å². The zero-order valence-corrected chi connectivity index (χ0v) is 15.8. The number of hydrogen-bond donors (Lipinski definition) is 1. The van der Waals surface area contributed by atoms with Crippen molar-refractivity contribution in [3.63, 3.8) is 0 Å². The summed E-state index contributed by atoms with van der Waals surface area (Å²) in [5.74, 6) is 3.00. The number of amides is 1. The van der Waals surface area contributed by atoms with Gasteiger partial charge in [-0.1, -0.05) is 18.2 Å². The van der Waals surface area contributed by atoms with E-state index in [-0.39, 0.29) is 5.91 Å². The van der Waals surface area contributed by atoms with Crippen LogP contribution in [0.3, 0.4) is 0 Å². The Morgan fingerprint density at radius 3 is 3.04 bits per heavy atom. The number of anilines is 1. The van der Waals surface area contributed by atoms with Crippen LogP contribution in [0.2, 0.25) is 0 Å². The van der Waals surface area contributed by atoms with Gasteiger partial charge in [-0.25, -0.2) is 9.97 Å². The largest absolute Gasteiger partial charge is 0.487 e. The Hall–Kier alpha value is -2.63. The molecule has 0 bridgehead atoms. The van der Waals surface area contributed by atoms with Crippen LogP contribution in [-0.2, 0) is 17.8 Å². The van der Waals surface area contributed by atoms with Crippen LogP contribution in [-0.4, -0.2) is 29.0 Å². The first kappa shape index (κ1) is 17.8. The highest BCUT2D eigenvalue weighted by atomic mass is 16.5. The van der Waals surface area contributed by atoms with Gasteiger partial charge in [0.25, 0.3) is 0 Å². The number of para-hydroxylation sites is 1. The molecule has 3 heterocycles. The number of piperidine rings is 1. The predicted molar refractivity (Wildman–Crippen MR) is 104 cm³/mol. The molecule has 1 saturated heterocycles. The lowest BCUT2D eigenvalue weighted by atomic mass is 9.92. The highest BCUT2D eigenvalue weighted by Crippen LogP contribution is 2.34. The van der Waals surface area contributed by atoms with E-state index in [1.54, 1.807) is 0 Å². The Morgan fingerprint density at radius 2 is 2.19 bits per heavy atom. The van der Waals surface area contributed by atoms with Crippen molar-refractivity contribution in [2.75, 3.05) is 18.0 Å². The molecule has 1 atom stereocenters. The summed E-state index contributed by atoms with van der Waals surface area (Å²) in [6, 6.07) is 8.17. The third kappa shape index (κ3) is 3.89. The third-order valence-electron chi connectivity index (χ3n) is 5.50. The second kappa shape index (κ2) is 7.55. The highest BCUT2D eigenvalue weighted by Gasteiger charge is 2.27. The molecule has 1 unspecified atom stereocenters. The molecule has 1 fully saturated rings. The average Bonchev–Trinajstić information content (AvgIpc) is 2.85. The third-order valence-corrected chi connectivity index (χ3v) is 5.50. The molecule has 1 aromatic carbocycles. The fourth-order valence-electron chi connectivity index (χ4n) is 4.17. The topological polar surface area (TPSA) is 81.3 Å². The summed E-state index contributed by atoms with van der Waals surface area (Å²) in [5, 5.41) is 0. The normalized spacial score (nSPS) is 18.9. The lowest BCUT2D eigenvalue weighted by Gasteiger charge is -2.35. The Morgan fingerprint density at radius 1 is 1.33 bits per heavy atom. The Kier molecular flexibility index (Phi) is 4.97. The van der Waals surface area contributed by atoms with Crippen LogP contribution in [0.4, 0.5) is 5.82 Å². The van der Waals surface area contributed by atoms with Crippen LogP contribution in [0.1, 0.15) is 48.3 Å². The second-order valence-electron chi connectivity index (χ2n) is 7.55. The molecule has 0 aliphatic carbocycles. The van der Waals surface area contributed by atoms with Gasteiger partial charge in [-0.3, -0.25) is 4.79 Å². The first-order valence-electron chi connectivity index (χ1n) is 9.70. The van der Waals surface area contributed by atoms with E-state index >= 15 is 0 Å². The standard InChI is InChI=1S/C21H26N4O2/c1-14-23-18-13-27-19-7-3-2-6-16(19)11-17(18)21(24-14)25-10-4-5-15(12-25)8-9-20(22)26/h2-3,6-7,15H,4-5,8-13H2,1H3,(H2,22,26). The predicted octanol–water partition coefficient (Wildman–Crippen LogP) is 2.75. The quantitative estimate of drug-likeness (QED) is 0.900. The number of fused-ring (bicyclic) bond motifs is 2. The van der Waals surface area contributed by atoms with Gasteiger partial charge in [-0.15, -0.1) is 0 Å². The number of aromatic nitrogens is 2. The summed E-state index contributed by atoms with van der Waals surface area (Å²) in [7, 11) is 0. The maximum atomic E-state index is 11.2. The number of carbonyl (C=O) groups excluding carboxylic acids is 1. The van der Waals surface area contributed by atoms with E-state index in [1.165, 1.54) is 11.1 Å². The molecular weight excluding hydrogens is 340 g/mol. The van der Waals surface area contributed by atoms with Crippen LogP contribution < -0.4 is 15.4 Å². The molecule has 2 aliphatic heterocycles. The summed E-state index contributed by atoms with van der Waals surface area (Å²) in [6.45, 7) is 4.31. The second-order valence-corrected chi connectivity index (χ2v) is 7.55. The minimum atomic E-state index is -0.215. The van der Waals surface area contributed by atoms with Gasteiger partial charge in [0.05, 0.1) is 5.69 Å². The van der Waals surface area contributed by atoms with Crippen molar-refractivity contribution >= 4 is 11.7 Å². The Bertz CT molecular complexity index is 852. The molecule has 6 nitrogen and oxygen atoms in total. The smallest absolute Gasteiger partial charge is 0.217 e. The molecule has 2 aliphatic rings. The molecule has 4 rings (SSSR count). The van der Waals surface area contributed by atoms with E-state index in [4.69, 9.17) is 15.5 Å². The van der Waals surface area contributed by atoms with Crippen molar-refractivity contribution in [1.82, 2.24) is 9.97 Å². The number of carbonyl (C=O) groups is 1. The van der Waals surface area contributed by atoms with Gasteiger partial charge in [0.15, 0.2) is 0 Å². The first-order valence-corrected chi connectivity index (χ1v) is 9.70. The molecule has 0 spiro atoms. The van der Waals surface area contributed by atoms with Gasteiger partial charge in [0.2, 0.25) is 5.91 Å². The number of aryl methyl sites for hydroxylation is 1. The number of benzene rings is 1. The lowest BCUT2D eigenvalue weighted by Crippen LogP contribution is -2.37. The van der Waals surface area contributed by atoms with Gasteiger partial charge >= 0.3 is 0 Å². The van der Waals surface area contributed by atoms with Crippen molar-refractivity contribution in [3.8, 4) is 5.75 Å². The fraction of sp³-hybridized carbons (Fsp3) is 0.476. The summed E-state index contributed by atoms with van der Waals surface area (Å²) in [5.41, 5.74) is 8.66. The maximum absolute atomic E-state index is 11.2. The monoisotopic (exact) mass is 366 g/mol. The molecule has 27 heavy (non-hydrogen) atoms. The van der Waals surface area contributed by atoms with Crippen LogP contribution in [0.5, 0.6) is 5.75 Å². The minimum absolute atomic E-state index is 0.215. The number of rotatable bonds is 4. The van der Waals surface area contributed by atoms with Gasteiger partial charge in [0, 0.05) is 31.5 Å². The van der Waals surface area contributed by atoms with Gasteiger partial charge in [-0.05, 0) is 43.7 Å². The summed E-state index contributed by atoms with van der Waals surface area (Å²) in [4.78, 5) is 23.0. The Balaban J connectivity index is 1.64. The zero-order chi connectivity index (χ0) is 18.8. The van der Waals surface area contributed by atoms with Crippen LogP contribution in [0.25, 0.3) is 0 Å². The Labute approximate surface area is 159 Å². The molecule has 1 aromatic heterocycles. The molecule has 2 aromatic rings. The molecule has 142 valence electrons. The van der Waals surface area contributed by atoms with E-state index in [0.29, 0.717) is 18.9 Å². The van der Waals surface area contributed by atoms with Gasteiger partial charge in [0.1, 0.15) is 24.0 Å². The summed E-state index contributed by atoms with van der Waals surface area (Å²) >= 11 is 0. The molecule has 6 heteroatoms. The van der Waals surface area contributed by atoms with Gasteiger partial charge < -0.3 is 15.4 Å². The molecular formula is C21H26N4O2. The summed E-state index contributed by atoms with van der Waals surface area (Å²) in [6.07, 6.45) is 4.34. The highest BCUT2D eigenvalue weighted by molar-refractivity contribution is 5.73. The SMILES string of the molecule is Cc1nc2c(c(N3CCCC(CCC(N)=O)C3)n1)Cc1ccccc1OC2. The van der Waals surface area contributed by atoms with Crippen molar-refractivity contribution in [3.05, 3.63) is 46.9 Å². The van der Waals surface area contributed by atoms with E-state index in [1.807, 2.05) is 25.1 Å². The number of hydrogen-bond acceptors (Lipinski definition) is 5. The number of ether oxygens (including phenoxy) is 1. The van der Waals surface area contributed by atoms with E-state index < -0.39 is 0 Å². The number of nitrogens with two attached hydrogens (primary N) is 1. The van der Waals surface area contributed by atoms with Crippen LogP contribution in [0, 0.1) is 12.8 Å². The van der Waals surface area contributed by atoms with E-state index in [0.717, 1.165) is 61.9 Å². The minimum Gasteiger partial charge on any atom is -0.487 e. The number of nitrogens with zero attached hydrogens (tertiary/aromatic N) is 3. The first-order chi connectivity index (χ1) is 13.1. The van der Waals surface area contributed by atoms with Crippen LogP contribution in [0.15, 0.2) is 24.3 Å². The lowest BCUT2D eigenvalue weighted by molar-refractivity contribution is -0.118. The molecule has 0 radical (unpaired) electrons. The van der Waals surface area contributed by atoms with Crippen LogP contribution >= 0.6 is 0 Å². The van der Waals surface area contributed by atoms with Crippen molar-refractivity contribution in [2.24, 2.45) is 11.7 Å². The molecule has 1 amide bonds. The average molecular weight is 366 g/mol. The van der Waals surface area contributed by atoms with Gasteiger partial charge in [-0.2, -0.15) is 0 Å². The molecule has 2 N–H and O–H groups in total. The number of primary amides is 1. The van der Waals surface area contributed by atoms with Crippen molar-refractivity contribution in [1.29, 1.82) is 0 Å². The van der Waals surface area contributed by atoms with E-state index in [2.05, 4.69) is 16.0 Å². The summed E-state index contributed by atoms with van der Waals surface area (Å²) < 4.78 is 6.00. The maximum Gasteiger partial charge on any atom is 0.217 e.